The minimum Gasteiger partial charge on any atom is -0.465 e. The second-order valence-corrected chi connectivity index (χ2v) is 15.1. The van der Waals surface area contributed by atoms with Gasteiger partial charge in [-0.1, -0.05) is 42.5 Å². The van der Waals surface area contributed by atoms with Crippen LogP contribution in [0, 0.1) is 0 Å². The third-order valence-electron chi connectivity index (χ3n) is 8.66. The number of hydrogen-bond acceptors (Lipinski definition) is 7. The fourth-order valence-corrected chi connectivity index (χ4v) is 7.44. The smallest absolute Gasteiger partial charge is 0.337 e. The number of para-hydroxylation sites is 1. The van der Waals surface area contributed by atoms with E-state index in [1.807, 2.05) is 60.0 Å². The van der Waals surface area contributed by atoms with E-state index >= 15 is 0 Å². The summed E-state index contributed by atoms with van der Waals surface area (Å²) in [5.41, 5.74) is 3.15. The van der Waals surface area contributed by atoms with Crippen LogP contribution in [0.4, 0.5) is 11.4 Å². The van der Waals surface area contributed by atoms with Crippen LogP contribution in [0.3, 0.4) is 0 Å². The third-order valence-corrected chi connectivity index (χ3v) is 10.3. The molecule has 0 bridgehead atoms. The van der Waals surface area contributed by atoms with E-state index < -0.39 is 37.4 Å². The zero-order chi connectivity index (χ0) is 36.3. The van der Waals surface area contributed by atoms with Gasteiger partial charge in [0.15, 0.2) is 5.71 Å². The number of allylic oxidation sites excluding steroid dienone is 3. The number of anilines is 1. The van der Waals surface area contributed by atoms with E-state index in [0.29, 0.717) is 34.1 Å². The number of ether oxygens (including phenoxy) is 1. The zero-order valence-corrected chi connectivity index (χ0v) is 29.3. The van der Waals surface area contributed by atoms with Crippen LogP contribution in [0.2, 0.25) is 0 Å². The summed E-state index contributed by atoms with van der Waals surface area (Å²) in [7, 11) is -7.51. The van der Waals surface area contributed by atoms with E-state index in [1.165, 1.54) is 31.1 Å². The highest BCUT2D eigenvalue weighted by molar-refractivity contribution is 7.86. The fraction of sp³-hybridized carbons (Fsp3) is 0.216. The third kappa shape index (κ3) is 7.92. The van der Waals surface area contributed by atoms with E-state index in [0.717, 1.165) is 16.8 Å². The zero-order valence-electron chi connectivity index (χ0n) is 27.7. The van der Waals surface area contributed by atoms with Gasteiger partial charge in [-0.25, -0.2) is 4.79 Å². The van der Waals surface area contributed by atoms with Gasteiger partial charge in [-0.15, -0.1) is 0 Å². The van der Waals surface area contributed by atoms with Crippen LogP contribution in [-0.4, -0.2) is 67.5 Å². The van der Waals surface area contributed by atoms with Crippen LogP contribution in [-0.2, 0) is 41.6 Å². The first kappa shape index (κ1) is 36.3. The first-order chi connectivity index (χ1) is 23.6. The molecular weight excluding hydrogens is 681 g/mol. The highest BCUT2D eigenvalue weighted by atomic mass is 32.2. The minimum atomic E-state index is -4.55. The SMILES string of the molecule is COC(=O)c1ccc(CC2(C)C(/C=C/C=C/N(C(C)=O)c3ccccc3)=[N+](CCCS(=O)(=O)O)c3ccc4ccc(S(=O)(=O)O)cc4c32)cc1. The molecule has 0 saturated heterocycles. The fourth-order valence-electron chi connectivity index (χ4n) is 6.44. The van der Waals surface area contributed by atoms with Crippen molar-refractivity contribution >= 4 is 60.0 Å². The molecule has 13 heteroatoms. The Morgan fingerprint density at radius 2 is 1.60 bits per heavy atom. The van der Waals surface area contributed by atoms with Gasteiger partial charge in [-0.3, -0.25) is 18.8 Å². The molecule has 1 heterocycles. The molecule has 0 aliphatic carbocycles. The van der Waals surface area contributed by atoms with Crippen molar-refractivity contribution in [2.24, 2.45) is 0 Å². The second-order valence-electron chi connectivity index (χ2n) is 12.1. The Morgan fingerprint density at radius 1 is 0.920 bits per heavy atom. The summed E-state index contributed by atoms with van der Waals surface area (Å²) in [5, 5.41) is 1.28. The molecule has 2 N–H and O–H groups in total. The molecule has 1 aliphatic heterocycles. The van der Waals surface area contributed by atoms with Gasteiger partial charge >= 0.3 is 5.97 Å². The Morgan fingerprint density at radius 3 is 2.22 bits per heavy atom. The number of carbonyl (C=O) groups is 2. The lowest BCUT2D eigenvalue weighted by Crippen LogP contribution is -2.34. The molecule has 1 atom stereocenters. The second kappa shape index (κ2) is 14.5. The number of fused-ring (bicyclic) bond motifs is 3. The lowest BCUT2D eigenvalue weighted by atomic mass is 9.73. The number of methoxy groups -OCH3 is 1. The lowest BCUT2D eigenvalue weighted by Gasteiger charge is -2.24. The molecule has 260 valence electrons. The van der Waals surface area contributed by atoms with Gasteiger partial charge in [-0.2, -0.15) is 21.4 Å². The van der Waals surface area contributed by atoms with Gasteiger partial charge in [0.2, 0.25) is 11.6 Å². The molecule has 4 aromatic rings. The Hall–Kier alpha value is -4.95. The Labute approximate surface area is 291 Å². The summed E-state index contributed by atoms with van der Waals surface area (Å²) in [5.74, 6) is -1.16. The molecule has 0 aromatic heterocycles. The Kier molecular flexibility index (Phi) is 10.5. The van der Waals surface area contributed by atoms with E-state index in [2.05, 4.69) is 0 Å². The number of nitrogens with zero attached hydrogens (tertiary/aromatic N) is 2. The summed E-state index contributed by atoms with van der Waals surface area (Å²) in [6, 6.07) is 24.1. The molecule has 0 radical (unpaired) electrons. The predicted molar refractivity (Wildman–Crippen MR) is 191 cm³/mol. The average molecular weight is 718 g/mol. The number of rotatable bonds is 12. The molecular formula is C37H37N2O9S2+. The number of esters is 1. The Balaban J connectivity index is 1.70. The average Bonchev–Trinajstić information content (AvgIpc) is 3.30. The number of amides is 1. The molecule has 1 aliphatic rings. The topological polar surface area (TPSA) is 158 Å². The van der Waals surface area contributed by atoms with Crippen molar-refractivity contribution in [3.05, 3.63) is 126 Å². The first-order valence-electron chi connectivity index (χ1n) is 15.6. The maximum absolute atomic E-state index is 12.5. The summed E-state index contributed by atoms with van der Waals surface area (Å²) in [6.45, 7) is 3.62. The molecule has 50 heavy (non-hydrogen) atoms. The van der Waals surface area contributed by atoms with Crippen molar-refractivity contribution in [3.63, 3.8) is 0 Å². The van der Waals surface area contributed by atoms with Crippen LogP contribution >= 0.6 is 0 Å². The summed E-state index contributed by atoms with van der Waals surface area (Å²) in [6.07, 6.45) is 7.40. The highest BCUT2D eigenvalue weighted by Gasteiger charge is 2.49. The van der Waals surface area contributed by atoms with Gasteiger partial charge < -0.3 is 4.74 Å². The van der Waals surface area contributed by atoms with Crippen molar-refractivity contribution in [2.75, 3.05) is 24.3 Å². The van der Waals surface area contributed by atoms with Crippen molar-refractivity contribution in [1.29, 1.82) is 0 Å². The van der Waals surface area contributed by atoms with Crippen LogP contribution in [0.25, 0.3) is 10.8 Å². The molecule has 1 amide bonds. The monoisotopic (exact) mass is 717 g/mol. The molecule has 0 saturated carbocycles. The molecule has 0 fully saturated rings. The van der Waals surface area contributed by atoms with Crippen LogP contribution in [0.15, 0.2) is 114 Å². The van der Waals surface area contributed by atoms with Gasteiger partial charge in [0.05, 0.1) is 28.7 Å². The van der Waals surface area contributed by atoms with Gasteiger partial charge in [0.25, 0.3) is 20.2 Å². The summed E-state index contributed by atoms with van der Waals surface area (Å²) >= 11 is 0. The van der Waals surface area contributed by atoms with E-state index in [9.17, 15) is 35.5 Å². The van der Waals surface area contributed by atoms with E-state index in [-0.39, 0.29) is 23.8 Å². The first-order valence-corrected chi connectivity index (χ1v) is 18.7. The minimum absolute atomic E-state index is 0.0740. The molecule has 4 aromatic carbocycles. The molecule has 1 unspecified atom stereocenters. The quantitative estimate of drug-likeness (QED) is 0.0791. The number of carbonyl (C=O) groups excluding carboxylic acids is 2. The van der Waals surface area contributed by atoms with E-state index in [1.54, 1.807) is 48.7 Å². The highest BCUT2D eigenvalue weighted by Crippen LogP contribution is 2.47. The number of benzene rings is 4. The van der Waals surface area contributed by atoms with Crippen molar-refractivity contribution in [1.82, 2.24) is 0 Å². The largest absolute Gasteiger partial charge is 0.465 e. The van der Waals surface area contributed by atoms with Gasteiger partial charge in [0.1, 0.15) is 6.54 Å². The molecule has 11 nitrogen and oxygen atoms in total. The maximum atomic E-state index is 12.5. The normalized spacial score (nSPS) is 16.3. The van der Waals surface area contributed by atoms with Crippen LogP contribution in [0.5, 0.6) is 0 Å². The Bertz CT molecular complexity index is 2260. The van der Waals surface area contributed by atoms with Crippen LogP contribution < -0.4 is 4.90 Å². The molecule has 0 spiro atoms. The van der Waals surface area contributed by atoms with Crippen molar-refractivity contribution in [3.8, 4) is 0 Å². The van der Waals surface area contributed by atoms with Crippen LogP contribution in [0.1, 0.15) is 41.8 Å². The van der Waals surface area contributed by atoms with Crippen molar-refractivity contribution in [2.45, 2.75) is 37.0 Å². The maximum Gasteiger partial charge on any atom is 0.337 e. The van der Waals surface area contributed by atoms with Gasteiger partial charge in [0, 0.05) is 42.9 Å². The number of hydrogen-bond donors (Lipinski definition) is 2. The van der Waals surface area contributed by atoms with Gasteiger partial charge in [-0.05, 0) is 78.2 Å². The summed E-state index contributed by atoms with van der Waals surface area (Å²) in [4.78, 5) is 25.8. The standard InChI is InChI=1S/C37H36N2O9S2/c1-26(40)38(30-10-5-4-6-11-30)21-8-7-12-34-37(2,25-27-13-15-29(16-14-27)36(41)48-3)35-32-24-31(50(45,46)47)19-17-28(32)18-20-33(35)39(34)22-9-23-49(42,43)44/h4-8,10-21,24H,9,22-23,25H2,1-3H3,(H-,42,43,44,45,46,47)/p+1. The van der Waals surface area contributed by atoms with E-state index in [4.69, 9.17) is 4.74 Å². The van der Waals surface area contributed by atoms with Crippen molar-refractivity contribution < 1.29 is 44.8 Å². The lowest BCUT2D eigenvalue weighted by molar-refractivity contribution is -0.437. The summed E-state index contributed by atoms with van der Waals surface area (Å²) < 4.78 is 74.2. The molecule has 5 rings (SSSR count). The predicted octanol–water partition coefficient (Wildman–Crippen LogP) is 5.87.